The zero-order valence-electron chi connectivity index (χ0n) is 9.51. The fourth-order valence-electron chi connectivity index (χ4n) is 1.27. The number of hydrogen-bond donors (Lipinski definition) is 2. The van der Waals surface area contributed by atoms with Gasteiger partial charge in [0.2, 0.25) is 17.2 Å². The molecule has 100 valence electrons. The first-order chi connectivity index (χ1) is 8.99. The molecule has 0 aliphatic rings. The van der Waals surface area contributed by atoms with E-state index in [1.807, 2.05) is 0 Å². The first-order valence-electron chi connectivity index (χ1n) is 5.00. The molecule has 1 aromatic heterocycles. The van der Waals surface area contributed by atoms with Crippen molar-refractivity contribution >= 4 is 52.4 Å². The third-order valence-electron chi connectivity index (χ3n) is 2.07. The lowest BCUT2D eigenvalue weighted by molar-refractivity contribution is 0.629. The number of halogens is 4. The summed E-state index contributed by atoms with van der Waals surface area (Å²) in [7, 11) is 1.64. The molecule has 0 atom stereocenters. The smallest absolute Gasteiger partial charge is 0.233 e. The maximum absolute atomic E-state index is 13.3. The van der Waals surface area contributed by atoms with Crippen LogP contribution in [0.4, 0.5) is 22.0 Å². The van der Waals surface area contributed by atoms with Gasteiger partial charge in [-0.15, -0.1) is 0 Å². The van der Waals surface area contributed by atoms with Gasteiger partial charge in [0.15, 0.2) is 5.82 Å². The fourth-order valence-corrected chi connectivity index (χ4v) is 1.92. The summed E-state index contributed by atoms with van der Waals surface area (Å²) in [4.78, 5) is 11.7. The van der Waals surface area contributed by atoms with Crippen molar-refractivity contribution in [2.24, 2.45) is 0 Å². The largest absolute Gasteiger partial charge is 0.357 e. The Morgan fingerprint density at radius 3 is 2.16 bits per heavy atom. The number of rotatable bonds is 3. The molecule has 9 heteroatoms. The molecule has 0 aliphatic carbocycles. The van der Waals surface area contributed by atoms with E-state index in [0.29, 0.717) is 11.6 Å². The van der Waals surface area contributed by atoms with Gasteiger partial charge in [-0.3, -0.25) is 0 Å². The maximum Gasteiger partial charge on any atom is 0.233 e. The number of anilines is 3. The summed E-state index contributed by atoms with van der Waals surface area (Å²) in [5, 5.41) is 5.33. The highest BCUT2D eigenvalue weighted by Gasteiger charge is 2.09. The Hall–Kier alpha value is -1.37. The Morgan fingerprint density at radius 1 is 1.00 bits per heavy atom. The molecule has 19 heavy (non-hydrogen) atoms. The summed E-state index contributed by atoms with van der Waals surface area (Å²) in [5.41, 5.74) is 0.431. The molecule has 0 saturated carbocycles. The molecule has 0 bridgehead atoms. The van der Waals surface area contributed by atoms with Gasteiger partial charge >= 0.3 is 0 Å². The maximum atomic E-state index is 13.3. The van der Waals surface area contributed by atoms with Gasteiger partial charge in [0.05, 0.1) is 10.0 Å². The highest BCUT2D eigenvalue weighted by Crippen LogP contribution is 2.28. The number of nitrogens with zero attached hydrogens (tertiary/aromatic N) is 3. The van der Waals surface area contributed by atoms with Gasteiger partial charge in [-0.1, -0.05) is 23.2 Å². The number of nitrogens with one attached hydrogen (secondary N) is 2. The zero-order chi connectivity index (χ0) is 14.0. The molecule has 2 aromatic rings. The van der Waals surface area contributed by atoms with Gasteiger partial charge in [-0.25, -0.2) is 4.39 Å². The number of benzene rings is 1. The molecule has 0 radical (unpaired) electrons. The summed E-state index contributed by atoms with van der Waals surface area (Å²) in [6.07, 6.45) is 0. The van der Waals surface area contributed by atoms with Gasteiger partial charge in [-0.05, 0) is 23.7 Å². The highest BCUT2D eigenvalue weighted by atomic mass is 35.5. The molecule has 0 amide bonds. The average Bonchev–Trinajstić information content (AvgIpc) is 2.35. The van der Waals surface area contributed by atoms with Crippen LogP contribution >= 0.6 is 34.8 Å². The summed E-state index contributed by atoms with van der Waals surface area (Å²) in [5.74, 6) is -0.205. The van der Waals surface area contributed by atoms with Crippen LogP contribution in [0.3, 0.4) is 0 Å². The Balaban J connectivity index is 2.33. The predicted molar refractivity (Wildman–Crippen MR) is 74.1 cm³/mol. The van der Waals surface area contributed by atoms with Gasteiger partial charge in [0.25, 0.3) is 0 Å². The van der Waals surface area contributed by atoms with Crippen molar-refractivity contribution in [1.82, 2.24) is 15.0 Å². The van der Waals surface area contributed by atoms with E-state index in [1.165, 1.54) is 12.1 Å². The first kappa shape index (κ1) is 14.0. The molecular formula is C10H7Cl3FN5. The Kier molecular flexibility index (Phi) is 4.24. The van der Waals surface area contributed by atoms with E-state index in [1.54, 1.807) is 7.05 Å². The van der Waals surface area contributed by atoms with Gasteiger partial charge in [0.1, 0.15) is 0 Å². The molecule has 0 saturated heterocycles. The molecule has 2 rings (SSSR count). The van der Waals surface area contributed by atoms with Crippen molar-refractivity contribution in [3.05, 3.63) is 33.3 Å². The Labute approximate surface area is 123 Å². The molecule has 1 heterocycles. The van der Waals surface area contributed by atoms with Crippen molar-refractivity contribution in [2.45, 2.75) is 0 Å². The second kappa shape index (κ2) is 5.73. The minimum Gasteiger partial charge on any atom is -0.357 e. The summed E-state index contributed by atoms with van der Waals surface area (Å²) >= 11 is 17.1. The highest BCUT2D eigenvalue weighted by molar-refractivity contribution is 6.35. The minimum absolute atomic E-state index is 0.0150. The van der Waals surface area contributed by atoms with Crippen LogP contribution in [0.1, 0.15) is 0 Å². The van der Waals surface area contributed by atoms with E-state index in [0.717, 1.165) is 0 Å². The molecule has 2 N–H and O–H groups in total. The van der Waals surface area contributed by atoms with Gasteiger partial charge < -0.3 is 10.6 Å². The summed E-state index contributed by atoms with van der Waals surface area (Å²) < 4.78 is 13.3. The first-order valence-corrected chi connectivity index (χ1v) is 6.14. The van der Waals surface area contributed by atoms with Crippen LogP contribution in [-0.4, -0.2) is 22.0 Å². The summed E-state index contributed by atoms with van der Waals surface area (Å²) in [6, 6.07) is 2.72. The minimum atomic E-state index is -0.682. The number of hydrogen-bond acceptors (Lipinski definition) is 5. The lowest BCUT2D eigenvalue weighted by Crippen LogP contribution is -2.03. The molecule has 0 unspecified atom stereocenters. The molecule has 1 aromatic carbocycles. The van der Waals surface area contributed by atoms with Crippen LogP contribution in [-0.2, 0) is 0 Å². The van der Waals surface area contributed by atoms with Crippen LogP contribution in [0.25, 0.3) is 0 Å². The molecule has 5 nitrogen and oxygen atoms in total. The van der Waals surface area contributed by atoms with Crippen LogP contribution in [0.2, 0.25) is 15.3 Å². The lowest BCUT2D eigenvalue weighted by atomic mass is 10.3. The molecular weight excluding hydrogens is 316 g/mol. The third kappa shape index (κ3) is 3.34. The number of aromatic nitrogens is 3. The van der Waals surface area contributed by atoms with Gasteiger partial charge in [-0.2, -0.15) is 15.0 Å². The van der Waals surface area contributed by atoms with E-state index in [-0.39, 0.29) is 21.3 Å². The zero-order valence-corrected chi connectivity index (χ0v) is 11.8. The van der Waals surface area contributed by atoms with E-state index in [9.17, 15) is 4.39 Å². The van der Waals surface area contributed by atoms with Crippen LogP contribution < -0.4 is 10.6 Å². The van der Waals surface area contributed by atoms with Crippen molar-refractivity contribution in [2.75, 3.05) is 17.7 Å². The van der Waals surface area contributed by atoms with E-state index < -0.39 is 5.82 Å². The van der Waals surface area contributed by atoms with E-state index in [2.05, 4.69) is 25.6 Å². The Bertz CT molecular complexity index is 599. The monoisotopic (exact) mass is 321 g/mol. The quantitative estimate of drug-likeness (QED) is 0.843. The Morgan fingerprint density at radius 2 is 1.58 bits per heavy atom. The fraction of sp³-hybridized carbons (Fsp3) is 0.100. The van der Waals surface area contributed by atoms with E-state index >= 15 is 0 Å². The lowest BCUT2D eigenvalue weighted by Gasteiger charge is -2.08. The van der Waals surface area contributed by atoms with Crippen molar-refractivity contribution in [3.63, 3.8) is 0 Å². The van der Waals surface area contributed by atoms with Crippen molar-refractivity contribution in [1.29, 1.82) is 0 Å². The molecule has 0 fully saturated rings. The van der Waals surface area contributed by atoms with Crippen molar-refractivity contribution in [3.8, 4) is 0 Å². The van der Waals surface area contributed by atoms with Crippen LogP contribution in [0.15, 0.2) is 12.1 Å². The average molecular weight is 323 g/mol. The van der Waals surface area contributed by atoms with E-state index in [4.69, 9.17) is 34.8 Å². The molecule has 0 spiro atoms. The standard InChI is InChI=1S/C10H7Cl3FN5/c1-15-9-17-8(13)18-10(19-9)16-4-2-5(11)7(14)6(12)3-4/h2-3H,1H3,(H2,15,16,17,18,19). The third-order valence-corrected chi connectivity index (χ3v) is 2.79. The van der Waals surface area contributed by atoms with Crippen LogP contribution in [0, 0.1) is 5.82 Å². The normalized spacial score (nSPS) is 10.4. The topological polar surface area (TPSA) is 62.7 Å². The predicted octanol–water partition coefficient (Wildman–Crippen LogP) is 3.76. The van der Waals surface area contributed by atoms with Gasteiger partial charge in [0, 0.05) is 12.7 Å². The van der Waals surface area contributed by atoms with Crippen molar-refractivity contribution < 1.29 is 4.39 Å². The molecule has 0 aliphatic heterocycles. The SMILES string of the molecule is CNc1nc(Cl)nc(Nc2cc(Cl)c(F)c(Cl)c2)n1. The second-order valence-electron chi connectivity index (χ2n) is 3.38. The second-order valence-corrected chi connectivity index (χ2v) is 4.53. The summed E-state index contributed by atoms with van der Waals surface area (Å²) in [6.45, 7) is 0. The van der Waals surface area contributed by atoms with Crippen LogP contribution in [0.5, 0.6) is 0 Å².